The fourth-order valence-corrected chi connectivity index (χ4v) is 2.91. The van der Waals surface area contributed by atoms with Crippen molar-refractivity contribution in [3.63, 3.8) is 0 Å². The Balaban J connectivity index is 1.64. The third-order valence-corrected chi connectivity index (χ3v) is 4.46. The lowest BCUT2D eigenvalue weighted by atomic mass is 10.0. The molecule has 3 aromatic rings. The molecule has 0 saturated carbocycles. The molecule has 0 bridgehead atoms. The van der Waals surface area contributed by atoms with Crippen molar-refractivity contribution >= 4 is 11.3 Å². The van der Waals surface area contributed by atoms with Gasteiger partial charge in [0.1, 0.15) is 23.9 Å². The van der Waals surface area contributed by atoms with Gasteiger partial charge in [-0.3, -0.25) is 0 Å². The van der Waals surface area contributed by atoms with Crippen molar-refractivity contribution in [1.29, 1.82) is 0 Å². The van der Waals surface area contributed by atoms with Crippen LogP contribution >= 0.6 is 11.3 Å². The van der Waals surface area contributed by atoms with Crippen molar-refractivity contribution in [1.82, 2.24) is 4.98 Å². The van der Waals surface area contributed by atoms with Crippen molar-refractivity contribution in [2.75, 3.05) is 0 Å². The molecule has 2 aromatic carbocycles. The van der Waals surface area contributed by atoms with E-state index in [1.807, 2.05) is 48.7 Å². The van der Waals surface area contributed by atoms with Crippen LogP contribution in [0.15, 0.2) is 53.9 Å². The van der Waals surface area contributed by atoms with Gasteiger partial charge in [0.15, 0.2) is 0 Å². The lowest BCUT2D eigenvalue weighted by molar-refractivity contribution is 0.300. The zero-order chi connectivity index (χ0) is 16.9. The lowest BCUT2D eigenvalue weighted by Crippen LogP contribution is -1.96. The predicted molar refractivity (Wildman–Crippen MR) is 98.2 cm³/mol. The predicted octanol–water partition coefficient (Wildman–Crippen LogP) is 5.95. The number of ether oxygens (including phenoxy) is 2. The first kappa shape index (κ1) is 16.5. The fourth-order valence-electron chi connectivity index (χ4n) is 2.32. The van der Waals surface area contributed by atoms with Crippen LogP contribution in [-0.2, 0) is 6.61 Å². The average Bonchev–Trinajstić information content (AvgIpc) is 2.99. The van der Waals surface area contributed by atoms with E-state index in [1.165, 1.54) is 5.56 Å². The summed E-state index contributed by atoms with van der Waals surface area (Å²) in [5.74, 6) is 2.88. The molecule has 124 valence electrons. The zero-order valence-electron chi connectivity index (χ0n) is 14.2. The van der Waals surface area contributed by atoms with Crippen LogP contribution in [0, 0.1) is 6.92 Å². The number of hydrogen-bond donors (Lipinski definition) is 0. The Labute approximate surface area is 146 Å². The fraction of sp³-hybridized carbons (Fsp3) is 0.250. The highest BCUT2D eigenvalue weighted by Gasteiger charge is 2.04. The summed E-state index contributed by atoms with van der Waals surface area (Å²) in [5.41, 5.74) is 2.26. The minimum absolute atomic E-state index is 0.469. The Morgan fingerprint density at radius 1 is 1.00 bits per heavy atom. The highest BCUT2D eigenvalue weighted by atomic mass is 32.1. The van der Waals surface area contributed by atoms with Crippen LogP contribution in [-0.4, -0.2) is 4.98 Å². The second-order valence-corrected chi connectivity index (χ2v) is 7.01. The smallest absolute Gasteiger partial charge is 0.131 e. The van der Waals surface area contributed by atoms with Crippen LogP contribution in [0.3, 0.4) is 0 Å². The lowest BCUT2D eigenvalue weighted by Gasteiger charge is -2.10. The summed E-state index contributed by atoms with van der Waals surface area (Å²) >= 11 is 1.63. The van der Waals surface area contributed by atoms with E-state index in [2.05, 4.69) is 31.0 Å². The number of thiazole rings is 1. The van der Waals surface area contributed by atoms with Gasteiger partial charge in [0.2, 0.25) is 0 Å². The minimum Gasteiger partial charge on any atom is -0.487 e. The summed E-state index contributed by atoms with van der Waals surface area (Å²) in [5, 5.41) is 3.07. The number of aromatic nitrogens is 1. The largest absolute Gasteiger partial charge is 0.487 e. The second kappa shape index (κ2) is 7.49. The standard InChI is InChI=1S/C20H21NO2S/c1-14(2)16-7-9-18(10-8-16)23-20-6-4-5-19(11-20)22-12-17-13-24-15(3)21-17/h4-11,13-14H,12H2,1-3H3. The number of aryl methyl sites for hydroxylation is 1. The molecule has 0 atom stereocenters. The maximum absolute atomic E-state index is 5.92. The first-order valence-corrected chi connectivity index (χ1v) is 8.90. The molecule has 4 heteroatoms. The topological polar surface area (TPSA) is 31.4 Å². The molecule has 3 rings (SSSR count). The summed E-state index contributed by atoms with van der Waals surface area (Å²) in [6, 6.07) is 15.9. The molecule has 0 amide bonds. The summed E-state index contributed by atoms with van der Waals surface area (Å²) < 4.78 is 11.7. The number of rotatable bonds is 6. The molecule has 0 radical (unpaired) electrons. The van der Waals surface area contributed by atoms with Gasteiger partial charge in [-0.25, -0.2) is 4.98 Å². The second-order valence-electron chi connectivity index (χ2n) is 5.95. The van der Waals surface area contributed by atoms with Crippen LogP contribution in [0.4, 0.5) is 0 Å². The van der Waals surface area contributed by atoms with E-state index in [0.29, 0.717) is 12.5 Å². The van der Waals surface area contributed by atoms with Gasteiger partial charge in [-0.15, -0.1) is 11.3 Å². The molecule has 0 fully saturated rings. The maximum atomic E-state index is 5.92. The molecule has 0 aliphatic heterocycles. The van der Waals surface area contributed by atoms with Gasteiger partial charge in [-0.05, 0) is 42.7 Å². The van der Waals surface area contributed by atoms with Crippen molar-refractivity contribution in [2.45, 2.75) is 33.3 Å². The van der Waals surface area contributed by atoms with Crippen molar-refractivity contribution in [2.24, 2.45) is 0 Å². The molecular weight excluding hydrogens is 318 g/mol. The first-order chi connectivity index (χ1) is 11.6. The monoisotopic (exact) mass is 339 g/mol. The molecule has 0 aliphatic carbocycles. The zero-order valence-corrected chi connectivity index (χ0v) is 15.0. The maximum Gasteiger partial charge on any atom is 0.131 e. The molecular formula is C20H21NO2S. The van der Waals surface area contributed by atoms with Gasteiger partial charge >= 0.3 is 0 Å². The number of benzene rings is 2. The Morgan fingerprint density at radius 2 is 1.75 bits per heavy atom. The highest BCUT2D eigenvalue weighted by Crippen LogP contribution is 2.27. The van der Waals surface area contributed by atoms with Gasteiger partial charge in [0.25, 0.3) is 0 Å². The summed E-state index contributed by atoms with van der Waals surface area (Å²) in [7, 11) is 0. The van der Waals surface area contributed by atoms with E-state index in [1.54, 1.807) is 11.3 Å². The molecule has 0 N–H and O–H groups in total. The third kappa shape index (κ3) is 4.36. The van der Waals surface area contributed by atoms with Crippen molar-refractivity contribution in [3.05, 3.63) is 70.2 Å². The Morgan fingerprint density at radius 3 is 2.42 bits per heavy atom. The molecule has 24 heavy (non-hydrogen) atoms. The molecule has 1 aromatic heterocycles. The van der Waals surface area contributed by atoms with E-state index in [0.717, 1.165) is 28.0 Å². The van der Waals surface area contributed by atoms with Crippen LogP contribution in [0.5, 0.6) is 17.2 Å². The summed E-state index contributed by atoms with van der Waals surface area (Å²) in [6.45, 7) is 6.82. The van der Waals surface area contributed by atoms with E-state index >= 15 is 0 Å². The molecule has 3 nitrogen and oxygen atoms in total. The Hall–Kier alpha value is -2.33. The van der Waals surface area contributed by atoms with Gasteiger partial charge in [-0.1, -0.05) is 32.0 Å². The van der Waals surface area contributed by atoms with E-state index in [-0.39, 0.29) is 0 Å². The van der Waals surface area contributed by atoms with Crippen molar-refractivity contribution in [3.8, 4) is 17.2 Å². The van der Waals surface area contributed by atoms with E-state index in [4.69, 9.17) is 9.47 Å². The van der Waals surface area contributed by atoms with E-state index in [9.17, 15) is 0 Å². The molecule has 0 aliphatic rings. The first-order valence-electron chi connectivity index (χ1n) is 8.02. The van der Waals surface area contributed by atoms with Crippen LogP contribution in [0.2, 0.25) is 0 Å². The minimum atomic E-state index is 0.469. The van der Waals surface area contributed by atoms with Crippen molar-refractivity contribution < 1.29 is 9.47 Å². The Bertz CT molecular complexity index is 793. The van der Waals surface area contributed by atoms with Crippen LogP contribution < -0.4 is 9.47 Å². The van der Waals surface area contributed by atoms with Gasteiger partial charge < -0.3 is 9.47 Å². The van der Waals surface area contributed by atoms with Crippen LogP contribution in [0.25, 0.3) is 0 Å². The molecule has 0 spiro atoms. The molecule has 0 saturated heterocycles. The molecule has 1 heterocycles. The van der Waals surface area contributed by atoms with Gasteiger partial charge in [0, 0.05) is 11.4 Å². The normalized spacial score (nSPS) is 10.8. The van der Waals surface area contributed by atoms with Gasteiger partial charge in [0.05, 0.1) is 10.7 Å². The summed E-state index contributed by atoms with van der Waals surface area (Å²) in [4.78, 5) is 4.40. The number of hydrogen-bond acceptors (Lipinski definition) is 4. The highest BCUT2D eigenvalue weighted by molar-refractivity contribution is 7.09. The van der Waals surface area contributed by atoms with Crippen LogP contribution in [0.1, 0.15) is 36.0 Å². The SMILES string of the molecule is Cc1nc(COc2cccc(Oc3ccc(C(C)C)cc3)c2)cs1. The Kier molecular flexibility index (Phi) is 5.16. The number of nitrogens with zero attached hydrogens (tertiary/aromatic N) is 1. The molecule has 0 unspecified atom stereocenters. The summed E-state index contributed by atoms with van der Waals surface area (Å²) in [6.07, 6.45) is 0. The van der Waals surface area contributed by atoms with Gasteiger partial charge in [-0.2, -0.15) is 0 Å². The third-order valence-electron chi connectivity index (χ3n) is 3.64. The quantitative estimate of drug-likeness (QED) is 0.556. The van der Waals surface area contributed by atoms with E-state index < -0.39 is 0 Å². The average molecular weight is 339 g/mol.